The van der Waals surface area contributed by atoms with E-state index in [2.05, 4.69) is 5.32 Å². The third-order valence-corrected chi connectivity index (χ3v) is 3.65. The number of carbonyl (C=O) groups is 2. The molecule has 2 amide bonds. The molecule has 102 valence electrons. The molecule has 0 bridgehead atoms. The zero-order chi connectivity index (χ0) is 13.1. The van der Waals surface area contributed by atoms with Crippen molar-refractivity contribution in [3.63, 3.8) is 0 Å². The van der Waals surface area contributed by atoms with Crippen molar-refractivity contribution in [1.29, 1.82) is 0 Å². The molecular weight excluding hydrogens is 232 g/mol. The average molecular weight is 254 g/mol. The second-order valence-electron chi connectivity index (χ2n) is 5.16. The SMILES string of the molecule is CCOCCN1C(=O)C(C2CC2)NC(=O)CC1C. The van der Waals surface area contributed by atoms with E-state index < -0.39 is 0 Å². The van der Waals surface area contributed by atoms with Crippen LogP contribution in [0, 0.1) is 5.92 Å². The Labute approximate surface area is 108 Å². The molecule has 0 aromatic heterocycles. The van der Waals surface area contributed by atoms with Crippen LogP contribution in [0.2, 0.25) is 0 Å². The van der Waals surface area contributed by atoms with Crippen molar-refractivity contribution in [3.8, 4) is 0 Å². The van der Waals surface area contributed by atoms with Gasteiger partial charge in [0.1, 0.15) is 6.04 Å². The normalized spacial score (nSPS) is 29.1. The lowest BCUT2D eigenvalue weighted by Gasteiger charge is -2.28. The molecule has 18 heavy (non-hydrogen) atoms. The first-order chi connectivity index (χ1) is 8.63. The van der Waals surface area contributed by atoms with Gasteiger partial charge in [0.05, 0.1) is 6.61 Å². The smallest absolute Gasteiger partial charge is 0.245 e. The minimum absolute atomic E-state index is 0.00772. The van der Waals surface area contributed by atoms with E-state index in [1.54, 1.807) is 4.90 Å². The van der Waals surface area contributed by atoms with Crippen LogP contribution in [-0.2, 0) is 14.3 Å². The number of nitrogens with zero attached hydrogens (tertiary/aromatic N) is 1. The molecule has 5 heteroatoms. The molecule has 2 rings (SSSR count). The highest BCUT2D eigenvalue weighted by molar-refractivity contribution is 5.91. The molecule has 1 aliphatic carbocycles. The lowest BCUT2D eigenvalue weighted by Crippen LogP contribution is -2.48. The molecule has 1 N–H and O–H groups in total. The molecule has 1 saturated carbocycles. The van der Waals surface area contributed by atoms with E-state index >= 15 is 0 Å². The van der Waals surface area contributed by atoms with E-state index in [0.717, 1.165) is 12.8 Å². The first-order valence-electron chi connectivity index (χ1n) is 6.81. The van der Waals surface area contributed by atoms with Gasteiger partial charge in [0.15, 0.2) is 0 Å². The van der Waals surface area contributed by atoms with E-state index in [1.807, 2.05) is 13.8 Å². The van der Waals surface area contributed by atoms with Crippen molar-refractivity contribution in [3.05, 3.63) is 0 Å². The monoisotopic (exact) mass is 254 g/mol. The van der Waals surface area contributed by atoms with E-state index in [4.69, 9.17) is 4.74 Å². The lowest BCUT2D eigenvalue weighted by atomic mass is 10.1. The topological polar surface area (TPSA) is 58.6 Å². The number of carbonyl (C=O) groups excluding carboxylic acids is 2. The van der Waals surface area contributed by atoms with Crippen LogP contribution in [0.4, 0.5) is 0 Å². The highest BCUT2D eigenvalue weighted by Gasteiger charge is 2.42. The van der Waals surface area contributed by atoms with Gasteiger partial charge in [0.25, 0.3) is 0 Å². The zero-order valence-corrected chi connectivity index (χ0v) is 11.1. The maximum Gasteiger partial charge on any atom is 0.245 e. The zero-order valence-electron chi connectivity index (χ0n) is 11.1. The van der Waals surface area contributed by atoms with Gasteiger partial charge < -0.3 is 15.0 Å². The summed E-state index contributed by atoms with van der Waals surface area (Å²) in [4.78, 5) is 26.0. The fourth-order valence-corrected chi connectivity index (χ4v) is 2.46. The predicted octanol–water partition coefficient (Wildman–Crippen LogP) is 0.538. The number of nitrogens with one attached hydrogen (secondary N) is 1. The Bertz CT molecular complexity index is 328. The van der Waals surface area contributed by atoms with E-state index in [-0.39, 0.29) is 23.9 Å². The van der Waals surface area contributed by atoms with Gasteiger partial charge in [-0.2, -0.15) is 0 Å². The Morgan fingerprint density at radius 1 is 1.39 bits per heavy atom. The van der Waals surface area contributed by atoms with Crippen molar-refractivity contribution >= 4 is 11.8 Å². The van der Waals surface area contributed by atoms with Crippen LogP contribution in [0.25, 0.3) is 0 Å². The summed E-state index contributed by atoms with van der Waals surface area (Å²) in [5, 5.41) is 2.87. The first kappa shape index (κ1) is 13.3. The third kappa shape index (κ3) is 3.02. The largest absolute Gasteiger partial charge is 0.380 e. The van der Waals surface area contributed by atoms with Gasteiger partial charge in [-0.15, -0.1) is 0 Å². The quantitative estimate of drug-likeness (QED) is 0.728. The summed E-state index contributed by atoms with van der Waals surface area (Å²) in [6, 6.07) is -0.342. The van der Waals surface area contributed by atoms with Crippen molar-refractivity contribution in [1.82, 2.24) is 10.2 Å². The predicted molar refractivity (Wildman–Crippen MR) is 66.9 cm³/mol. The number of amides is 2. The van der Waals surface area contributed by atoms with Gasteiger partial charge in [-0.25, -0.2) is 0 Å². The Morgan fingerprint density at radius 2 is 2.11 bits per heavy atom. The van der Waals surface area contributed by atoms with Crippen molar-refractivity contribution < 1.29 is 14.3 Å². The average Bonchev–Trinajstić information content (AvgIpc) is 3.14. The van der Waals surface area contributed by atoms with Gasteiger partial charge in [-0.05, 0) is 32.6 Å². The summed E-state index contributed by atoms with van der Waals surface area (Å²) in [6.07, 6.45) is 2.48. The summed E-state index contributed by atoms with van der Waals surface area (Å²) in [5.74, 6) is 0.406. The Hall–Kier alpha value is -1.10. The Balaban J connectivity index is 2.03. The summed E-state index contributed by atoms with van der Waals surface area (Å²) in [6.45, 7) is 5.63. The molecule has 1 aliphatic heterocycles. The van der Waals surface area contributed by atoms with Crippen LogP contribution in [0.5, 0.6) is 0 Å². The lowest BCUT2D eigenvalue weighted by molar-refractivity contribution is -0.136. The van der Waals surface area contributed by atoms with Gasteiger partial charge in [-0.3, -0.25) is 9.59 Å². The minimum atomic E-state index is -0.302. The molecule has 2 fully saturated rings. The number of ether oxygens (including phenoxy) is 1. The molecule has 5 nitrogen and oxygen atoms in total. The van der Waals surface area contributed by atoms with Crippen LogP contribution in [-0.4, -0.2) is 48.6 Å². The molecule has 1 saturated heterocycles. The highest BCUT2D eigenvalue weighted by atomic mass is 16.5. The molecule has 0 aromatic carbocycles. The summed E-state index contributed by atoms with van der Waals surface area (Å²) >= 11 is 0. The van der Waals surface area contributed by atoms with Crippen molar-refractivity contribution in [2.75, 3.05) is 19.8 Å². The molecule has 0 aromatic rings. The number of hydrogen-bond acceptors (Lipinski definition) is 3. The Morgan fingerprint density at radius 3 is 2.72 bits per heavy atom. The van der Waals surface area contributed by atoms with Crippen LogP contribution in [0.1, 0.15) is 33.1 Å². The van der Waals surface area contributed by atoms with Crippen molar-refractivity contribution in [2.45, 2.75) is 45.2 Å². The van der Waals surface area contributed by atoms with Gasteiger partial charge >= 0.3 is 0 Å². The molecule has 0 spiro atoms. The fraction of sp³-hybridized carbons (Fsp3) is 0.846. The third-order valence-electron chi connectivity index (χ3n) is 3.65. The van der Waals surface area contributed by atoms with E-state index in [9.17, 15) is 9.59 Å². The van der Waals surface area contributed by atoms with Crippen LogP contribution in [0.15, 0.2) is 0 Å². The molecule has 1 heterocycles. The number of rotatable bonds is 5. The van der Waals surface area contributed by atoms with Crippen molar-refractivity contribution in [2.24, 2.45) is 5.92 Å². The minimum Gasteiger partial charge on any atom is -0.380 e. The van der Waals surface area contributed by atoms with Gasteiger partial charge in [0, 0.05) is 25.6 Å². The standard InChI is InChI=1S/C13H22N2O3/c1-3-18-7-6-15-9(2)8-11(16)14-12(13(15)17)10-4-5-10/h9-10,12H,3-8H2,1-2H3,(H,14,16). The maximum absolute atomic E-state index is 12.4. The van der Waals surface area contributed by atoms with Gasteiger partial charge in [-0.1, -0.05) is 0 Å². The fourth-order valence-electron chi connectivity index (χ4n) is 2.46. The maximum atomic E-state index is 12.4. The number of hydrogen-bond donors (Lipinski definition) is 1. The van der Waals surface area contributed by atoms with E-state index in [1.165, 1.54) is 0 Å². The first-order valence-corrected chi connectivity index (χ1v) is 6.81. The van der Waals surface area contributed by atoms with Crippen LogP contribution in [0.3, 0.4) is 0 Å². The second-order valence-corrected chi connectivity index (χ2v) is 5.16. The van der Waals surface area contributed by atoms with E-state index in [0.29, 0.717) is 32.1 Å². The van der Waals surface area contributed by atoms with Crippen LogP contribution >= 0.6 is 0 Å². The summed E-state index contributed by atoms with van der Waals surface area (Å²) < 4.78 is 5.31. The molecule has 2 atom stereocenters. The summed E-state index contributed by atoms with van der Waals surface area (Å²) in [5.41, 5.74) is 0. The summed E-state index contributed by atoms with van der Waals surface area (Å²) in [7, 11) is 0. The van der Waals surface area contributed by atoms with Crippen LogP contribution < -0.4 is 5.32 Å². The second kappa shape index (κ2) is 5.69. The van der Waals surface area contributed by atoms with Gasteiger partial charge in [0.2, 0.25) is 11.8 Å². The molecule has 0 radical (unpaired) electrons. The molecule has 2 unspecified atom stereocenters. The molecule has 2 aliphatic rings. The molecular formula is C13H22N2O3. The highest BCUT2D eigenvalue weighted by Crippen LogP contribution is 2.34. The Kier molecular flexibility index (Phi) is 4.22.